The molecule has 0 fully saturated rings. The van der Waals surface area contributed by atoms with E-state index in [0.29, 0.717) is 12.0 Å². The first kappa shape index (κ1) is 5.75. The molecule has 0 unspecified atom stereocenters. The van der Waals surface area contributed by atoms with Crippen LogP contribution in [0.25, 0.3) is 0 Å². The van der Waals surface area contributed by atoms with E-state index in [-0.39, 0.29) is 5.78 Å². The number of ketones is 1. The first-order valence-electron chi connectivity index (χ1n) is 2.47. The van der Waals surface area contributed by atoms with Crippen molar-refractivity contribution in [2.24, 2.45) is 0 Å². The number of rotatable bonds is 1. The summed E-state index contributed by atoms with van der Waals surface area (Å²) < 4.78 is 0. The monoisotopic (exact) mass is 123 g/mol. The maximum Gasteiger partial charge on any atom is 0.203 e. The third kappa shape index (κ3) is 1.05. The molecule has 1 aliphatic heterocycles. The quantitative estimate of drug-likeness (QED) is 0.386. The third-order valence-electron chi connectivity index (χ3n) is 0.974. The lowest BCUT2D eigenvalue weighted by molar-refractivity contribution is -0.111. The van der Waals surface area contributed by atoms with Crippen LogP contribution >= 0.6 is 0 Å². The van der Waals surface area contributed by atoms with Crippen molar-refractivity contribution in [2.75, 3.05) is 0 Å². The highest BCUT2D eigenvalue weighted by Gasteiger charge is 2.07. The SMILES string of the molecule is O=CC=C1NC=CC1=O. The molecule has 1 aliphatic rings. The van der Waals surface area contributed by atoms with Crippen LogP contribution in [-0.4, -0.2) is 12.1 Å². The van der Waals surface area contributed by atoms with Gasteiger partial charge in [-0.3, -0.25) is 9.59 Å². The molecule has 1 rings (SSSR count). The molecular weight excluding hydrogens is 118 g/mol. The van der Waals surface area contributed by atoms with Crippen LogP contribution in [0.15, 0.2) is 24.0 Å². The Bertz CT molecular complexity index is 203. The summed E-state index contributed by atoms with van der Waals surface area (Å²) in [4.78, 5) is 20.4. The molecular formula is C6H5NO2. The molecule has 0 saturated carbocycles. The minimum atomic E-state index is -0.151. The van der Waals surface area contributed by atoms with Crippen molar-refractivity contribution in [3.63, 3.8) is 0 Å². The van der Waals surface area contributed by atoms with Gasteiger partial charge in [0.15, 0.2) is 0 Å². The van der Waals surface area contributed by atoms with E-state index in [1.165, 1.54) is 18.4 Å². The molecule has 0 atom stereocenters. The Hall–Kier alpha value is -1.38. The van der Waals surface area contributed by atoms with Crippen LogP contribution < -0.4 is 5.32 Å². The largest absolute Gasteiger partial charge is 0.358 e. The summed E-state index contributed by atoms with van der Waals surface area (Å²) in [5, 5.41) is 2.61. The lowest BCUT2D eigenvalue weighted by Crippen LogP contribution is -2.04. The molecule has 0 aromatic carbocycles. The molecule has 0 aromatic heterocycles. The van der Waals surface area contributed by atoms with Gasteiger partial charge in [0.25, 0.3) is 0 Å². The van der Waals surface area contributed by atoms with Crippen molar-refractivity contribution in [2.45, 2.75) is 0 Å². The molecule has 0 bridgehead atoms. The predicted molar refractivity (Wildman–Crippen MR) is 31.4 cm³/mol. The highest BCUT2D eigenvalue weighted by molar-refractivity contribution is 6.07. The van der Waals surface area contributed by atoms with Crippen LogP contribution in [0, 0.1) is 0 Å². The summed E-state index contributed by atoms with van der Waals surface area (Å²) in [5.74, 6) is -0.151. The second-order valence-electron chi connectivity index (χ2n) is 1.56. The summed E-state index contributed by atoms with van der Waals surface area (Å²) in [6.45, 7) is 0. The van der Waals surface area contributed by atoms with E-state index in [1.54, 1.807) is 0 Å². The van der Waals surface area contributed by atoms with Gasteiger partial charge in [-0.05, 0) is 0 Å². The van der Waals surface area contributed by atoms with Gasteiger partial charge in [0.2, 0.25) is 5.78 Å². The zero-order chi connectivity index (χ0) is 6.69. The second-order valence-corrected chi connectivity index (χ2v) is 1.56. The van der Waals surface area contributed by atoms with Gasteiger partial charge in [-0.1, -0.05) is 0 Å². The summed E-state index contributed by atoms with van der Waals surface area (Å²) in [6.07, 6.45) is 4.64. The molecule has 0 aromatic rings. The summed E-state index contributed by atoms with van der Waals surface area (Å²) in [5.41, 5.74) is 0.338. The van der Waals surface area contributed by atoms with Gasteiger partial charge in [-0.15, -0.1) is 0 Å². The van der Waals surface area contributed by atoms with Crippen molar-refractivity contribution in [1.82, 2.24) is 5.32 Å². The molecule has 9 heavy (non-hydrogen) atoms. The summed E-state index contributed by atoms with van der Waals surface area (Å²) in [6, 6.07) is 0. The first-order valence-corrected chi connectivity index (χ1v) is 2.47. The van der Waals surface area contributed by atoms with Gasteiger partial charge < -0.3 is 5.32 Å². The van der Waals surface area contributed by atoms with E-state index in [1.807, 2.05) is 0 Å². The van der Waals surface area contributed by atoms with Crippen molar-refractivity contribution < 1.29 is 9.59 Å². The lowest BCUT2D eigenvalue weighted by Gasteiger charge is -1.89. The number of carbonyl (C=O) groups is 2. The van der Waals surface area contributed by atoms with Crippen molar-refractivity contribution in [1.29, 1.82) is 0 Å². The zero-order valence-corrected chi connectivity index (χ0v) is 4.63. The molecule has 3 nitrogen and oxygen atoms in total. The molecule has 1 heterocycles. The fourth-order valence-electron chi connectivity index (χ4n) is 0.566. The molecule has 0 spiro atoms. The molecule has 0 radical (unpaired) electrons. The van der Waals surface area contributed by atoms with E-state index >= 15 is 0 Å². The number of hydrogen-bond acceptors (Lipinski definition) is 3. The number of aldehydes is 1. The molecule has 0 aliphatic carbocycles. The van der Waals surface area contributed by atoms with Gasteiger partial charge in [-0.2, -0.15) is 0 Å². The van der Waals surface area contributed by atoms with Crippen molar-refractivity contribution >= 4 is 12.1 Å². The maximum atomic E-state index is 10.6. The number of allylic oxidation sites excluding steroid dienone is 2. The average Bonchev–Trinajstić information content (AvgIpc) is 2.18. The van der Waals surface area contributed by atoms with Crippen molar-refractivity contribution in [3.05, 3.63) is 24.0 Å². The Labute approximate surface area is 52.1 Å². The Kier molecular flexibility index (Phi) is 1.44. The molecule has 0 saturated heterocycles. The number of carbonyl (C=O) groups excluding carboxylic acids is 2. The van der Waals surface area contributed by atoms with Crippen LogP contribution in [0.3, 0.4) is 0 Å². The first-order chi connectivity index (χ1) is 4.34. The Balaban J connectivity index is 2.77. The van der Waals surface area contributed by atoms with Crippen LogP contribution in [0.5, 0.6) is 0 Å². The maximum absolute atomic E-state index is 10.6. The normalized spacial score (nSPS) is 20.4. The molecule has 1 N–H and O–H groups in total. The van der Waals surface area contributed by atoms with Crippen LogP contribution in [0.2, 0.25) is 0 Å². The minimum Gasteiger partial charge on any atom is -0.358 e. The van der Waals surface area contributed by atoms with Crippen molar-refractivity contribution in [3.8, 4) is 0 Å². The number of nitrogens with one attached hydrogen (secondary N) is 1. The van der Waals surface area contributed by atoms with Gasteiger partial charge in [0.1, 0.15) is 6.29 Å². The standard InChI is InChI=1S/C6H5NO2/c8-4-2-5-6(9)1-3-7-5/h1-4,7H. The summed E-state index contributed by atoms with van der Waals surface area (Å²) in [7, 11) is 0. The molecule has 0 amide bonds. The molecule has 3 heteroatoms. The van der Waals surface area contributed by atoms with Gasteiger partial charge in [0, 0.05) is 18.4 Å². The van der Waals surface area contributed by atoms with Gasteiger partial charge >= 0.3 is 0 Å². The molecule has 46 valence electrons. The Morgan fingerprint density at radius 3 is 2.78 bits per heavy atom. The fraction of sp³-hybridized carbons (Fsp3) is 0. The van der Waals surface area contributed by atoms with E-state index in [4.69, 9.17) is 0 Å². The Morgan fingerprint density at radius 1 is 1.56 bits per heavy atom. The highest BCUT2D eigenvalue weighted by Crippen LogP contribution is 1.98. The van der Waals surface area contributed by atoms with E-state index in [9.17, 15) is 9.59 Å². The number of hydrogen-bond donors (Lipinski definition) is 1. The Morgan fingerprint density at radius 2 is 2.33 bits per heavy atom. The lowest BCUT2D eigenvalue weighted by atomic mass is 10.3. The summed E-state index contributed by atoms with van der Waals surface area (Å²) >= 11 is 0. The van der Waals surface area contributed by atoms with E-state index in [0.717, 1.165) is 0 Å². The van der Waals surface area contributed by atoms with Crippen LogP contribution in [-0.2, 0) is 9.59 Å². The van der Waals surface area contributed by atoms with Crippen LogP contribution in [0.4, 0.5) is 0 Å². The topological polar surface area (TPSA) is 46.2 Å². The van der Waals surface area contributed by atoms with Crippen LogP contribution in [0.1, 0.15) is 0 Å². The van der Waals surface area contributed by atoms with Gasteiger partial charge in [-0.25, -0.2) is 0 Å². The zero-order valence-electron chi connectivity index (χ0n) is 4.63. The third-order valence-corrected chi connectivity index (χ3v) is 0.974. The highest BCUT2D eigenvalue weighted by atomic mass is 16.1. The minimum absolute atomic E-state index is 0.151. The second kappa shape index (κ2) is 2.26. The van der Waals surface area contributed by atoms with E-state index < -0.39 is 0 Å². The smallest absolute Gasteiger partial charge is 0.203 e. The van der Waals surface area contributed by atoms with Gasteiger partial charge in [0.05, 0.1) is 5.70 Å². The van der Waals surface area contributed by atoms with E-state index in [2.05, 4.69) is 5.32 Å². The fourth-order valence-corrected chi connectivity index (χ4v) is 0.566. The average molecular weight is 123 g/mol. The predicted octanol–water partition coefficient (Wildman–Crippen LogP) is -0.245.